The SMILES string of the molecule is CC(C)(C)c1ccc(S(=O)(=O)N2CCN(c3ccc4nnc(C(F)(F)F)n4n3)CC2)cc1. The molecule has 3 heterocycles. The minimum absolute atomic E-state index is 0.0130. The number of nitrogens with zero attached hydrogens (tertiary/aromatic N) is 6. The van der Waals surface area contributed by atoms with Gasteiger partial charge in [0.15, 0.2) is 5.65 Å². The summed E-state index contributed by atoms with van der Waals surface area (Å²) >= 11 is 0. The second kappa shape index (κ2) is 7.69. The highest BCUT2D eigenvalue weighted by atomic mass is 32.2. The molecule has 0 radical (unpaired) electrons. The zero-order valence-electron chi connectivity index (χ0n) is 17.8. The Labute approximate surface area is 183 Å². The first-order valence-corrected chi connectivity index (χ1v) is 11.5. The van der Waals surface area contributed by atoms with Crippen molar-refractivity contribution in [2.45, 2.75) is 37.3 Å². The van der Waals surface area contributed by atoms with E-state index in [1.807, 2.05) is 12.1 Å². The number of halogens is 3. The van der Waals surface area contributed by atoms with Crippen molar-refractivity contribution >= 4 is 21.5 Å². The fourth-order valence-corrected chi connectivity index (χ4v) is 4.98. The van der Waals surface area contributed by atoms with Crippen LogP contribution in [-0.2, 0) is 21.6 Å². The molecule has 172 valence electrons. The molecule has 1 aliphatic heterocycles. The van der Waals surface area contributed by atoms with Crippen molar-refractivity contribution in [3.8, 4) is 0 Å². The van der Waals surface area contributed by atoms with Crippen LogP contribution in [0.1, 0.15) is 32.2 Å². The third kappa shape index (κ3) is 4.16. The average molecular weight is 469 g/mol. The minimum atomic E-state index is -4.68. The summed E-state index contributed by atoms with van der Waals surface area (Å²) in [6.45, 7) is 7.13. The molecule has 8 nitrogen and oxygen atoms in total. The van der Waals surface area contributed by atoms with Gasteiger partial charge in [-0.3, -0.25) is 0 Å². The number of anilines is 1. The van der Waals surface area contributed by atoms with E-state index in [0.717, 1.165) is 5.56 Å². The van der Waals surface area contributed by atoms with Crippen LogP contribution in [0.5, 0.6) is 0 Å². The van der Waals surface area contributed by atoms with E-state index in [0.29, 0.717) is 23.4 Å². The summed E-state index contributed by atoms with van der Waals surface area (Å²) in [5.74, 6) is -0.899. The average Bonchev–Trinajstić information content (AvgIpc) is 3.17. The second-order valence-electron chi connectivity index (χ2n) is 8.65. The number of rotatable bonds is 3. The van der Waals surface area contributed by atoms with E-state index in [9.17, 15) is 21.6 Å². The molecule has 0 bridgehead atoms. The summed E-state index contributed by atoms with van der Waals surface area (Å²) in [7, 11) is -3.67. The van der Waals surface area contributed by atoms with Crippen molar-refractivity contribution in [2.24, 2.45) is 0 Å². The van der Waals surface area contributed by atoms with Gasteiger partial charge in [-0.15, -0.1) is 15.3 Å². The smallest absolute Gasteiger partial charge is 0.353 e. The number of piperazine rings is 1. The summed E-state index contributed by atoms with van der Waals surface area (Å²) in [4.78, 5) is 1.96. The fourth-order valence-electron chi connectivity index (χ4n) is 3.56. The van der Waals surface area contributed by atoms with E-state index >= 15 is 0 Å². The van der Waals surface area contributed by atoms with Gasteiger partial charge in [-0.2, -0.15) is 22.0 Å². The van der Waals surface area contributed by atoms with Crippen molar-refractivity contribution in [1.82, 2.24) is 24.1 Å². The number of benzene rings is 1. The van der Waals surface area contributed by atoms with E-state index in [1.54, 1.807) is 23.1 Å². The van der Waals surface area contributed by atoms with Crippen molar-refractivity contribution in [3.05, 3.63) is 47.8 Å². The Bertz CT molecular complexity index is 1220. The van der Waals surface area contributed by atoms with Crippen LogP contribution in [0, 0.1) is 0 Å². The maximum Gasteiger partial charge on any atom is 0.453 e. The number of sulfonamides is 1. The zero-order chi connectivity index (χ0) is 23.3. The van der Waals surface area contributed by atoms with Crippen LogP contribution in [0.3, 0.4) is 0 Å². The Morgan fingerprint density at radius 2 is 1.50 bits per heavy atom. The van der Waals surface area contributed by atoms with Crippen LogP contribution in [-0.4, -0.2) is 58.7 Å². The molecule has 1 fully saturated rings. The van der Waals surface area contributed by atoms with Crippen LogP contribution in [0.15, 0.2) is 41.3 Å². The van der Waals surface area contributed by atoms with Gasteiger partial charge >= 0.3 is 6.18 Å². The third-order valence-electron chi connectivity index (χ3n) is 5.42. The first-order valence-electron chi connectivity index (χ1n) is 10.0. The number of hydrogen-bond donors (Lipinski definition) is 0. The molecule has 3 aromatic rings. The lowest BCUT2D eigenvalue weighted by molar-refractivity contribution is -0.146. The van der Waals surface area contributed by atoms with Crippen molar-refractivity contribution in [3.63, 3.8) is 0 Å². The fraction of sp³-hybridized carbons (Fsp3) is 0.450. The molecule has 1 aromatic carbocycles. The highest BCUT2D eigenvalue weighted by Gasteiger charge is 2.38. The van der Waals surface area contributed by atoms with E-state index in [2.05, 4.69) is 36.1 Å². The summed E-state index contributed by atoms with van der Waals surface area (Å²) in [5.41, 5.74) is 0.939. The zero-order valence-corrected chi connectivity index (χ0v) is 18.7. The highest BCUT2D eigenvalue weighted by molar-refractivity contribution is 7.89. The lowest BCUT2D eigenvalue weighted by Crippen LogP contribution is -2.49. The molecule has 0 unspecified atom stereocenters. The van der Waals surface area contributed by atoms with Crippen LogP contribution >= 0.6 is 0 Å². The van der Waals surface area contributed by atoms with Gasteiger partial charge in [0.05, 0.1) is 4.90 Å². The van der Waals surface area contributed by atoms with Gasteiger partial charge in [-0.25, -0.2) is 8.42 Å². The molecule has 0 spiro atoms. The quantitative estimate of drug-likeness (QED) is 0.588. The monoisotopic (exact) mass is 468 g/mol. The van der Waals surface area contributed by atoms with Crippen molar-refractivity contribution < 1.29 is 21.6 Å². The molecule has 1 aliphatic rings. The first kappa shape index (κ1) is 22.5. The number of hydrogen-bond acceptors (Lipinski definition) is 6. The van der Waals surface area contributed by atoms with E-state index in [1.165, 1.54) is 10.4 Å². The largest absolute Gasteiger partial charge is 0.453 e. The number of aromatic nitrogens is 4. The van der Waals surface area contributed by atoms with Gasteiger partial charge in [0, 0.05) is 26.2 Å². The Hall–Kier alpha value is -2.73. The minimum Gasteiger partial charge on any atom is -0.353 e. The molecule has 2 aromatic heterocycles. The topological polar surface area (TPSA) is 83.7 Å². The molecule has 0 saturated carbocycles. The van der Waals surface area contributed by atoms with Crippen LogP contribution in [0.25, 0.3) is 5.65 Å². The predicted octanol–water partition coefficient (Wildman–Crippen LogP) is 2.95. The van der Waals surface area contributed by atoms with Gasteiger partial charge in [-0.05, 0) is 35.2 Å². The van der Waals surface area contributed by atoms with Crippen molar-refractivity contribution in [2.75, 3.05) is 31.1 Å². The Morgan fingerprint density at radius 1 is 0.875 bits per heavy atom. The molecule has 4 rings (SSSR count). The lowest BCUT2D eigenvalue weighted by Gasteiger charge is -2.34. The number of alkyl halides is 3. The van der Waals surface area contributed by atoms with Crippen LogP contribution in [0.2, 0.25) is 0 Å². The molecule has 32 heavy (non-hydrogen) atoms. The maximum atomic E-state index is 13.1. The van der Waals surface area contributed by atoms with E-state index < -0.39 is 22.0 Å². The summed E-state index contributed by atoms with van der Waals surface area (Å²) in [5, 5.41) is 10.7. The molecular formula is C20H23F3N6O2S. The van der Waals surface area contributed by atoms with Gasteiger partial charge in [0.2, 0.25) is 10.0 Å². The second-order valence-corrected chi connectivity index (χ2v) is 10.6. The standard InChI is InChI=1S/C20H23F3N6O2S/c1-19(2,3)14-4-6-15(7-5-14)32(30,31)28-12-10-27(11-13-28)17-9-8-16-24-25-18(20(21,22)23)29(16)26-17/h4-9H,10-13H2,1-3H3. The maximum absolute atomic E-state index is 13.1. The van der Waals surface area contributed by atoms with Gasteiger partial charge in [0.25, 0.3) is 5.82 Å². The highest BCUT2D eigenvalue weighted by Crippen LogP contribution is 2.29. The molecule has 0 aliphatic carbocycles. The van der Waals surface area contributed by atoms with Gasteiger partial charge < -0.3 is 4.90 Å². The Morgan fingerprint density at radius 3 is 2.06 bits per heavy atom. The molecule has 12 heteroatoms. The lowest BCUT2D eigenvalue weighted by atomic mass is 9.87. The molecule has 0 atom stereocenters. The first-order chi connectivity index (χ1) is 14.9. The molecule has 0 amide bonds. The molecular weight excluding hydrogens is 445 g/mol. The summed E-state index contributed by atoms with van der Waals surface area (Å²) in [6.07, 6.45) is -4.68. The Kier molecular flexibility index (Phi) is 5.40. The predicted molar refractivity (Wildman–Crippen MR) is 112 cm³/mol. The number of fused-ring (bicyclic) bond motifs is 1. The summed E-state index contributed by atoms with van der Waals surface area (Å²) < 4.78 is 67.4. The van der Waals surface area contributed by atoms with Crippen LogP contribution in [0.4, 0.5) is 19.0 Å². The summed E-state index contributed by atoms with van der Waals surface area (Å²) in [6, 6.07) is 9.83. The third-order valence-corrected chi connectivity index (χ3v) is 7.34. The van der Waals surface area contributed by atoms with Gasteiger partial charge in [-0.1, -0.05) is 32.9 Å². The van der Waals surface area contributed by atoms with Crippen LogP contribution < -0.4 is 4.90 Å². The van der Waals surface area contributed by atoms with E-state index in [4.69, 9.17) is 0 Å². The van der Waals surface area contributed by atoms with E-state index in [-0.39, 0.29) is 29.0 Å². The molecule has 0 N–H and O–H groups in total. The molecule has 1 saturated heterocycles. The Balaban J connectivity index is 1.50. The van der Waals surface area contributed by atoms with Crippen molar-refractivity contribution in [1.29, 1.82) is 0 Å². The normalized spacial score (nSPS) is 16.6. The van der Waals surface area contributed by atoms with Gasteiger partial charge in [0.1, 0.15) is 5.82 Å².